The van der Waals surface area contributed by atoms with E-state index in [-0.39, 0.29) is 5.97 Å². The first-order chi connectivity index (χ1) is 9.22. The van der Waals surface area contributed by atoms with E-state index in [9.17, 15) is 4.79 Å². The highest BCUT2D eigenvalue weighted by atomic mass is 32.2. The van der Waals surface area contributed by atoms with Crippen molar-refractivity contribution in [3.63, 3.8) is 0 Å². The second-order valence-electron chi connectivity index (χ2n) is 6.10. The molecule has 0 rings (SSSR count). The van der Waals surface area contributed by atoms with E-state index in [4.69, 9.17) is 0 Å². The molecule has 0 saturated heterocycles. The molecule has 3 heteroatoms. The zero-order valence-corrected chi connectivity index (χ0v) is 14.8. The molecule has 0 aromatic heterocycles. The lowest BCUT2D eigenvalue weighted by Crippen LogP contribution is -2.26. The van der Waals surface area contributed by atoms with Crippen LogP contribution in [0, 0.1) is 11.8 Å². The lowest BCUT2D eigenvalue weighted by molar-refractivity contribution is -0.134. The Labute approximate surface area is 129 Å². The van der Waals surface area contributed by atoms with Gasteiger partial charge in [-0.2, -0.15) is 11.8 Å². The van der Waals surface area contributed by atoms with Gasteiger partial charge in [0.2, 0.25) is 0 Å². The summed E-state index contributed by atoms with van der Waals surface area (Å²) in [4.78, 5) is 11.1. The molecule has 116 valence electrons. The highest BCUT2D eigenvalue weighted by molar-refractivity contribution is 7.99. The van der Waals surface area contributed by atoms with Crippen LogP contribution in [0.3, 0.4) is 0 Å². The topological polar surface area (TPSA) is 26.3 Å². The van der Waals surface area contributed by atoms with Crippen LogP contribution in [0.4, 0.5) is 0 Å². The number of methoxy groups -OCH3 is 1. The largest absolute Gasteiger partial charge is 0.466 e. The van der Waals surface area contributed by atoms with E-state index in [2.05, 4.69) is 44.8 Å². The predicted octanol–water partition coefficient (Wildman–Crippen LogP) is 4.86. The van der Waals surface area contributed by atoms with Crippen LogP contribution < -0.4 is 0 Å². The van der Waals surface area contributed by atoms with Gasteiger partial charge in [-0.3, -0.25) is 0 Å². The van der Waals surface area contributed by atoms with Crippen molar-refractivity contribution in [1.29, 1.82) is 0 Å². The molecule has 2 nitrogen and oxygen atoms in total. The van der Waals surface area contributed by atoms with E-state index in [1.807, 2.05) is 24.8 Å². The molecule has 0 fully saturated rings. The Hall–Kier alpha value is -0.700. The van der Waals surface area contributed by atoms with Gasteiger partial charge >= 0.3 is 5.97 Å². The third-order valence-corrected chi connectivity index (χ3v) is 5.39. The minimum Gasteiger partial charge on any atom is -0.466 e. The van der Waals surface area contributed by atoms with Gasteiger partial charge in [0.25, 0.3) is 0 Å². The quantitative estimate of drug-likeness (QED) is 0.364. The Balaban J connectivity index is 4.26. The van der Waals surface area contributed by atoms with Gasteiger partial charge in [0, 0.05) is 10.8 Å². The smallest absolute Gasteiger partial charge is 0.330 e. The summed E-state index contributed by atoms with van der Waals surface area (Å²) in [5.74, 6) is 1.04. The van der Waals surface area contributed by atoms with Crippen molar-refractivity contribution >= 4 is 17.7 Å². The van der Waals surface area contributed by atoms with Crippen LogP contribution in [0.25, 0.3) is 0 Å². The summed E-state index contributed by atoms with van der Waals surface area (Å²) in [6, 6.07) is 0. The highest BCUT2D eigenvalue weighted by Gasteiger charge is 2.25. The first-order valence-electron chi connectivity index (χ1n) is 7.20. The molecule has 0 aromatic rings. The number of esters is 1. The van der Waals surface area contributed by atoms with Crippen LogP contribution in [-0.4, -0.2) is 24.1 Å². The predicted molar refractivity (Wildman–Crippen MR) is 90.1 cm³/mol. The van der Waals surface area contributed by atoms with Gasteiger partial charge in [-0.1, -0.05) is 39.8 Å². The summed E-state index contributed by atoms with van der Waals surface area (Å²) in [7, 11) is 1.40. The van der Waals surface area contributed by atoms with E-state index in [1.165, 1.54) is 19.6 Å². The molecule has 0 heterocycles. The molecule has 0 radical (unpaired) electrons. The Bertz CT molecular complexity index is 356. The monoisotopic (exact) mass is 298 g/mol. The Morgan fingerprint density at radius 1 is 1.35 bits per heavy atom. The second kappa shape index (κ2) is 9.28. The number of carbonyl (C=O) groups excluding carboxylic acids is 1. The number of ether oxygens (including phenoxy) is 1. The van der Waals surface area contributed by atoms with E-state index in [1.54, 1.807) is 0 Å². The molecular formula is C17H30O2S. The van der Waals surface area contributed by atoms with Gasteiger partial charge in [0.05, 0.1) is 7.11 Å². The van der Waals surface area contributed by atoms with Crippen molar-refractivity contribution in [2.45, 2.75) is 52.2 Å². The number of carbonyl (C=O) groups is 1. The van der Waals surface area contributed by atoms with E-state index < -0.39 is 0 Å². The lowest BCUT2D eigenvalue weighted by atomic mass is 9.86. The van der Waals surface area contributed by atoms with Gasteiger partial charge in [-0.05, 0) is 43.4 Å². The van der Waals surface area contributed by atoms with Crippen molar-refractivity contribution in [3.05, 3.63) is 23.8 Å². The van der Waals surface area contributed by atoms with Gasteiger partial charge in [-0.15, -0.1) is 0 Å². The lowest BCUT2D eigenvalue weighted by Gasteiger charge is -2.31. The summed E-state index contributed by atoms with van der Waals surface area (Å²) in [5.41, 5.74) is 0.932. The first-order valence-corrected chi connectivity index (χ1v) is 8.43. The number of rotatable bonds is 8. The van der Waals surface area contributed by atoms with Crippen molar-refractivity contribution in [1.82, 2.24) is 0 Å². The maximum atomic E-state index is 11.1. The van der Waals surface area contributed by atoms with Gasteiger partial charge in [-0.25, -0.2) is 4.79 Å². The molecule has 0 amide bonds. The van der Waals surface area contributed by atoms with Crippen LogP contribution in [-0.2, 0) is 9.53 Å². The summed E-state index contributed by atoms with van der Waals surface area (Å²) in [6.07, 6.45) is 10.1. The Morgan fingerprint density at radius 3 is 2.45 bits per heavy atom. The van der Waals surface area contributed by atoms with E-state index >= 15 is 0 Å². The van der Waals surface area contributed by atoms with E-state index in [0.29, 0.717) is 16.6 Å². The summed E-state index contributed by atoms with van der Waals surface area (Å²) >= 11 is 1.94. The molecule has 0 spiro atoms. The van der Waals surface area contributed by atoms with Crippen LogP contribution >= 0.6 is 11.8 Å². The van der Waals surface area contributed by atoms with Gasteiger partial charge in [0.1, 0.15) is 0 Å². The number of thioether (sulfide) groups is 1. The van der Waals surface area contributed by atoms with Crippen LogP contribution in [0.15, 0.2) is 23.8 Å². The first kappa shape index (κ1) is 19.3. The molecule has 0 aliphatic heterocycles. The van der Waals surface area contributed by atoms with Crippen molar-refractivity contribution in [2.24, 2.45) is 11.8 Å². The molecule has 0 bridgehead atoms. The average Bonchev–Trinajstić information content (AvgIpc) is 2.38. The number of hydrogen-bond acceptors (Lipinski definition) is 3. The summed E-state index contributed by atoms with van der Waals surface area (Å²) in [6.45, 7) is 11.2. The van der Waals surface area contributed by atoms with Crippen LogP contribution in [0.1, 0.15) is 47.5 Å². The second-order valence-corrected chi connectivity index (χ2v) is 7.56. The maximum Gasteiger partial charge on any atom is 0.330 e. The van der Waals surface area contributed by atoms with E-state index in [0.717, 1.165) is 12.0 Å². The average molecular weight is 298 g/mol. The van der Waals surface area contributed by atoms with Crippen molar-refractivity contribution < 1.29 is 9.53 Å². The SMILES string of the molecule is COC(=O)/C=C(C)/C=C/CC(C)CC(C)C(C)(C)SC. The molecule has 20 heavy (non-hydrogen) atoms. The summed E-state index contributed by atoms with van der Waals surface area (Å²) in [5, 5.41) is 0. The molecular weight excluding hydrogens is 268 g/mol. The Kier molecular flexibility index (Phi) is 8.95. The minimum atomic E-state index is -0.296. The molecule has 0 N–H and O–H groups in total. The standard InChI is InChI=1S/C17H30O2S/c1-13(11-15(3)17(4,5)20-7)9-8-10-14(2)12-16(18)19-6/h8,10,12-13,15H,9,11H2,1-7H3/b10-8+,14-12+. The third-order valence-electron chi connectivity index (χ3n) is 3.93. The van der Waals surface area contributed by atoms with Crippen molar-refractivity contribution in [3.8, 4) is 0 Å². The molecule has 0 aliphatic rings. The molecule has 2 unspecified atom stereocenters. The normalized spacial score (nSPS) is 16.2. The summed E-state index contributed by atoms with van der Waals surface area (Å²) < 4.78 is 4.93. The fraction of sp³-hybridized carbons (Fsp3) is 0.706. The fourth-order valence-corrected chi connectivity index (χ4v) is 2.46. The number of hydrogen-bond donors (Lipinski definition) is 0. The maximum absolute atomic E-state index is 11.1. The molecule has 2 atom stereocenters. The molecule has 0 aliphatic carbocycles. The third kappa shape index (κ3) is 7.78. The fourth-order valence-electron chi connectivity index (χ4n) is 1.96. The van der Waals surface area contributed by atoms with Crippen LogP contribution in [0.2, 0.25) is 0 Å². The van der Waals surface area contributed by atoms with Crippen molar-refractivity contribution in [2.75, 3.05) is 13.4 Å². The van der Waals surface area contributed by atoms with Gasteiger partial charge < -0.3 is 4.74 Å². The van der Waals surface area contributed by atoms with Gasteiger partial charge in [0.15, 0.2) is 0 Å². The minimum absolute atomic E-state index is 0.296. The van der Waals surface area contributed by atoms with Crippen LogP contribution in [0.5, 0.6) is 0 Å². The molecule has 0 aromatic carbocycles. The Morgan fingerprint density at radius 2 is 1.95 bits per heavy atom. The number of allylic oxidation sites excluding steroid dienone is 3. The highest BCUT2D eigenvalue weighted by Crippen LogP contribution is 2.34. The zero-order chi connectivity index (χ0) is 15.8. The zero-order valence-electron chi connectivity index (χ0n) is 14.0. The molecule has 0 saturated carbocycles.